The lowest BCUT2D eigenvalue weighted by Crippen LogP contribution is -2.48. The number of hydrogen-bond donors (Lipinski definition) is 1. The number of nitrogens with zero attached hydrogens (tertiary/aromatic N) is 4. The number of carbonyl (C=O) groups excluding carboxylic acids is 1. The van der Waals surface area contributed by atoms with E-state index in [4.69, 9.17) is 4.52 Å². The van der Waals surface area contributed by atoms with Gasteiger partial charge in [0.2, 0.25) is 0 Å². The molecular formula is C18H19N5O3. The van der Waals surface area contributed by atoms with Crippen LogP contribution in [-0.4, -0.2) is 57.2 Å². The Morgan fingerprint density at radius 1 is 1.19 bits per heavy atom. The molecule has 1 saturated heterocycles. The normalized spacial score (nSPS) is 15.5. The molecule has 1 N–H and O–H groups in total. The van der Waals surface area contributed by atoms with Crippen LogP contribution in [0.2, 0.25) is 0 Å². The van der Waals surface area contributed by atoms with Gasteiger partial charge in [-0.1, -0.05) is 23.4 Å². The monoisotopic (exact) mass is 353 g/mol. The topological polar surface area (TPSA) is 95.3 Å². The average molecular weight is 353 g/mol. The van der Waals surface area contributed by atoms with Gasteiger partial charge in [-0.15, -0.1) is 0 Å². The van der Waals surface area contributed by atoms with Gasteiger partial charge >= 0.3 is 0 Å². The summed E-state index contributed by atoms with van der Waals surface area (Å²) in [4.78, 5) is 28.8. The van der Waals surface area contributed by atoms with Crippen LogP contribution in [0, 0.1) is 6.92 Å². The van der Waals surface area contributed by atoms with E-state index in [-0.39, 0.29) is 11.5 Å². The Hall–Kier alpha value is -3.00. The van der Waals surface area contributed by atoms with Crippen LogP contribution in [0.25, 0.3) is 10.8 Å². The number of benzene rings is 1. The second-order valence-corrected chi connectivity index (χ2v) is 6.45. The molecule has 1 amide bonds. The molecule has 134 valence electrons. The number of hydrogen-bond acceptors (Lipinski definition) is 6. The van der Waals surface area contributed by atoms with Crippen molar-refractivity contribution < 1.29 is 9.32 Å². The summed E-state index contributed by atoms with van der Waals surface area (Å²) in [6.45, 7) is 5.26. The number of fused-ring (bicyclic) bond motifs is 1. The third kappa shape index (κ3) is 3.11. The van der Waals surface area contributed by atoms with Crippen LogP contribution in [0.15, 0.2) is 39.6 Å². The van der Waals surface area contributed by atoms with E-state index in [2.05, 4.69) is 20.3 Å². The van der Waals surface area contributed by atoms with Crippen molar-refractivity contribution in [1.29, 1.82) is 0 Å². The Morgan fingerprint density at radius 2 is 1.92 bits per heavy atom. The van der Waals surface area contributed by atoms with E-state index in [1.807, 2.05) is 13.0 Å². The van der Waals surface area contributed by atoms with Gasteiger partial charge in [-0.05, 0) is 13.0 Å². The van der Waals surface area contributed by atoms with Crippen molar-refractivity contribution in [3.8, 4) is 0 Å². The zero-order valence-electron chi connectivity index (χ0n) is 14.4. The van der Waals surface area contributed by atoms with Crippen LogP contribution < -0.4 is 5.56 Å². The first kappa shape index (κ1) is 16.5. The summed E-state index contributed by atoms with van der Waals surface area (Å²) < 4.78 is 5.25. The molecule has 0 unspecified atom stereocenters. The summed E-state index contributed by atoms with van der Waals surface area (Å²) in [5.41, 5.74) is 0.869. The predicted molar refractivity (Wildman–Crippen MR) is 94.8 cm³/mol. The van der Waals surface area contributed by atoms with Crippen molar-refractivity contribution in [2.45, 2.75) is 13.5 Å². The van der Waals surface area contributed by atoms with Crippen LogP contribution in [0.4, 0.5) is 0 Å². The molecule has 0 spiro atoms. The van der Waals surface area contributed by atoms with Crippen LogP contribution in [0.5, 0.6) is 0 Å². The van der Waals surface area contributed by atoms with Crippen LogP contribution >= 0.6 is 0 Å². The molecule has 0 bridgehead atoms. The molecule has 26 heavy (non-hydrogen) atoms. The number of H-pyrrole nitrogens is 1. The van der Waals surface area contributed by atoms with Gasteiger partial charge in [0, 0.05) is 37.6 Å². The van der Waals surface area contributed by atoms with Gasteiger partial charge in [0.05, 0.1) is 17.6 Å². The highest BCUT2D eigenvalue weighted by atomic mass is 16.5. The molecule has 1 aliphatic rings. The number of carbonyl (C=O) groups is 1. The highest BCUT2D eigenvalue weighted by Gasteiger charge is 2.25. The largest absolute Gasteiger partial charge is 0.360 e. The lowest BCUT2D eigenvalue weighted by atomic mass is 10.1. The van der Waals surface area contributed by atoms with Crippen molar-refractivity contribution in [1.82, 2.24) is 25.2 Å². The first-order chi connectivity index (χ1) is 12.6. The first-order valence-electron chi connectivity index (χ1n) is 8.53. The molecule has 0 aliphatic carbocycles. The Morgan fingerprint density at radius 3 is 2.62 bits per heavy atom. The second-order valence-electron chi connectivity index (χ2n) is 6.45. The number of nitrogens with one attached hydrogen (secondary N) is 1. The summed E-state index contributed by atoms with van der Waals surface area (Å²) >= 11 is 0. The number of aryl methyl sites for hydroxylation is 1. The Balaban J connectivity index is 1.47. The number of aromatic amines is 1. The van der Waals surface area contributed by atoms with E-state index in [0.29, 0.717) is 36.1 Å². The number of rotatable bonds is 3. The molecule has 2 aromatic heterocycles. The minimum Gasteiger partial charge on any atom is -0.360 e. The van der Waals surface area contributed by atoms with E-state index in [0.717, 1.165) is 24.5 Å². The van der Waals surface area contributed by atoms with E-state index >= 15 is 0 Å². The van der Waals surface area contributed by atoms with Crippen molar-refractivity contribution in [3.63, 3.8) is 0 Å². The molecule has 3 heterocycles. The molecule has 1 aromatic carbocycles. The summed E-state index contributed by atoms with van der Waals surface area (Å²) in [7, 11) is 0. The zero-order chi connectivity index (χ0) is 18.1. The van der Waals surface area contributed by atoms with Gasteiger partial charge < -0.3 is 9.42 Å². The highest BCUT2D eigenvalue weighted by molar-refractivity contribution is 6.04. The smallest absolute Gasteiger partial charge is 0.275 e. The maximum atomic E-state index is 12.9. The van der Waals surface area contributed by atoms with Crippen LogP contribution in [-0.2, 0) is 6.54 Å². The fraction of sp³-hybridized carbons (Fsp3) is 0.333. The van der Waals surface area contributed by atoms with Gasteiger partial charge in [0.1, 0.15) is 0 Å². The number of amides is 1. The third-order valence-corrected chi connectivity index (χ3v) is 4.61. The fourth-order valence-corrected chi connectivity index (χ4v) is 3.25. The molecule has 0 atom stereocenters. The summed E-state index contributed by atoms with van der Waals surface area (Å²) in [6, 6.07) is 8.96. The SMILES string of the molecule is Cc1cc(CN2CCN(C(=O)c3n[nH]c(=O)c4ccccc34)CC2)on1. The second kappa shape index (κ2) is 6.72. The lowest BCUT2D eigenvalue weighted by Gasteiger charge is -2.34. The summed E-state index contributed by atoms with van der Waals surface area (Å²) in [5, 5.41) is 11.4. The van der Waals surface area contributed by atoms with Crippen LogP contribution in [0.3, 0.4) is 0 Å². The highest BCUT2D eigenvalue weighted by Crippen LogP contribution is 2.16. The first-order valence-corrected chi connectivity index (χ1v) is 8.53. The number of piperazine rings is 1. The molecule has 0 radical (unpaired) electrons. The molecule has 3 aromatic rings. The minimum atomic E-state index is -0.288. The molecule has 1 aliphatic heterocycles. The van der Waals surface area contributed by atoms with E-state index in [1.165, 1.54) is 0 Å². The summed E-state index contributed by atoms with van der Waals surface area (Å²) in [5.74, 6) is 0.670. The maximum absolute atomic E-state index is 12.9. The average Bonchev–Trinajstić information content (AvgIpc) is 3.07. The Kier molecular flexibility index (Phi) is 4.26. The predicted octanol–water partition coefficient (Wildman–Crippen LogP) is 1.18. The minimum absolute atomic E-state index is 0.160. The van der Waals surface area contributed by atoms with Gasteiger partial charge in [0.15, 0.2) is 11.5 Å². The van der Waals surface area contributed by atoms with Crippen molar-refractivity contribution in [2.75, 3.05) is 26.2 Å². The molecule has 1 fully saturated rings. The summed E-state index contributed by atoms with van der Waals surface area (Å²) in [6.07, 6.45) is 0. The van der Waals surface area contributed by atoms with Gasteiger partial charge in [-0.25, -0.2) is 5.10 Å². The number of aromatic nitrogens is 3. The fourth-order valence-electron chi connectivity index (χ4n) is 3.25. The molecule has 4 rings (SSSR count). The Bertz CT molecular complexity index is 1000. The van der Waals surface area contributed by atoms with Crippen molar-refractivity contribution in [3.05, 3.63) is 57.8 Å². The van der Waals surface area contributed by atoms with Gasteiger partial charge in [0.25, 0.3) is 11.5 Å². The van der Waals surface area contributed by atoms with Crippen molar-refractivity contribution in [2.24, 2.45) is 0 Å². The van der Waals surface area contributed by atoms with Crippen LogP contribution in [0.1, 0.15) is 21.9 Å². The molecule has 0 saturated carbocycles. The van der Waals surface area contributed by atoms with E-state index < -0.39 is 0 Å². The molecular weight excluding hydrogens is 334 g/mol. The Labute approximate surface area is 149 Å². The van der Waals surface area contributed by atoms with Gasteiger partial charge in [-0.3, -0.25) is 14.5 Å². The van der Waals surface area contributed by atoms with Crippen molar-refractivity contribution >= 4 is 16.7 Å². The van der Waals surface area contributed by atoms with Gasteiger partial charge in [-0.2, -0.15) is 5.10 Å². The third-order valence-electron chi connectivity index (χ3n) is 4.61. The standard InChI is InChI=1S/C18H19N5O3/c1-12-10-13(26-21-12)11-22-6-8-23(9-7-22)18(25)16-14-4-2-3-5-15(14)17(24)20-19-16/h2-5,10H,6-9,11H2,1H3,(H,20,24). The quantitative estimate of drug-likeness (QED) is 0.760. The van der Waals surface area contributed by atoms with E-state index in [1.54, 1.807) is 29.2 Å². The zero-order valence-corrected chi connectivity index (χ0v) is 14.4. The molecule has 8 heteroatoms. The maximum Gasteiger partial charge on any atom is 0.275 e. The molecule has 8 nitrogen and oxygen atoms in total. The lowest BCUT2D eigenvalue weighted by molar-refractivity contribution is 0.0612. The van der Waals surface area contributed by atoms with E-state index in [9.17, 15) is 9.59 Å².